The van der Waals surface area contributed by atoms with Gasteiger partial charge in [-0.25, -0.2) is 0 Å². The van der Waals surface area contributed by atoms with Crippen molar-refractivity contribution in [1.82, 2.24) is 0 Å². The number of hydrogen-bond donors (Lipinski definition) is 0. The van der Waals surface area contributed by atoms with Crippen LogP contribution in [0, 0.1) is 22.7 Å². The van der Waals surface area contributed by atoms with E-state index in [0.717, 1.165) is 11.8 Å². The lowest BCUT2D eigenvalue weighted by atomic mass is 9.52. The van der Waals surface area contributed by atoms with Crippen LogP contribution in [0.2, 0.25) is 0 Å². The van der Waals surface area contributed by atoms with Gasteiger partial charge >= 0.3 is 0 Å². The number of rotatable bonds is 2. The Labute approximate surface area is 114 Å². The molecule has 2 aliphatic carbocycles. The summed E-state index contributed by atoms with van der Waals surface area (Å²) in [5.41, 5.74) is 2.53. The summed E-state index contributed by atoms with van der Waals surface area (Å²) < 4.78 is 1.31. The fourth-order valence-corrected chi connectivity index (χ4v) is 5.71. The summed E-state index contributed by atoms with van der Waals surface area (Å²) in [6.07, 6.45) is 7.09. The molecule has 2 saturated carbocycles. The summed E-state index contributed by atoms with van der Waals surface area (Å²) >= 11 is 2.62. The fourth-order valence-electron chi connectivity index (χ4n) is 4.43. The minimum Gasteiger partial charge on any atom is -0.0996 e. The molecule has 0 radical (unpaired) electrons. The van der Waals surface area contributed by atoms with Gasteiger partial charge in [-0.2, -0.15) is 0 Å². The topological polar surface area (TPSA) is 0 Å². The van der Waals surface area contributed by atoms with Crippen molar-refractivity contribution >= 4 is 22.6 Å². The summed E-state index contributed by atoms with van der Waals surface area (Å²) in [5, 5.41) is 0. The highest BCUT2D eigenvalue weighted by molar-refractivity contribution is 14.1. The third kappa shape index (κ3) is 1.60. The molecule has 0 spiro atoms. The van der Waals surface area contributed by atoms with Gasteiger partial charge in [0, 0.05) is 4.43 Å². The first-order valence-electron chi connectivity index (χ1n) is 6.69. The van der Waals surface area contributed by atoms with Crippen molar-refractivity contribution in [2.75, 3.05) is 4.43 Å². The highest BCUT2D eigenvalue weighted by atomic mass is 127. The molecule has 0 aromatic rings. The third-order valence-corrected chi connectivity index (χ3v) is 7.51. The lowest BCUT2D eigenvalue weighted by Gasteiger charge is -2.54. The fraction of sp³-hybridized carbons (Fsp3) is 0.867. The highest BCUT2D eigenvalue weighted by Gasteiger charge is 2.55. The van der Waals surface area contributed by atoms with E-state index in [2.05, 4.69) is 49.9 Å². The zero-order valence-electron chi connectivity index (χ0n) is 11.0. The lowest BCUT2D eigenvalue weighted by Crippen LogP contribution is -2.48. The molecular weight excluding hydrogens is 307 g/mol. The van der Waals surface area contributed by atoms with E-state index in [9.17, 15) is 0 Å². The van der Waals surface area contributed by atoms with Crippen LogP contribution in [-0.2, 0) is 0 Å². The molecule has 0 nitrogen and oxygen atoms in total. The van der Waals surface area contributed by atoms with Crippen molar-refractivity contribution in [1.29, 1.82) is 0 Å². The molecule has 4 atom stereocenters. The summed E-state index contributed by atoms with van der Waals surface area (Å²) in [4.78, 5) is 0. The van der Waals surface area contributed by atoms with E-state index < -0.39 is 0 Å². The molecule has 0 saturated heterocycles. The Kier molecular flexibility index (Phi) is 3.46. The predicted molar refractivity (Wildman–Crippen MR) is 80.0 cm³/mol. The molecule has 2 aliphatic rings. The molecule has 4 unspecified atom stereocenters. The summed E-state index contributed by atoms with van der Waals surface area (Å²) in [7, 11) is 0. The Morgan fingerprint density at radius 2 is 2.06 bits per heavy atom. The van der Waals surface area contributed by atoms with E-state index in [-0.39, 0.29) is 0 Å². The highest BCUT2D eigenvalue weighted by Crippen LogP contribution is 2.64. The van der Waals surface area contributed by atoms with Crippen LogP contribution >= 0.6 is 22.6 Å². The van der Waals surface area contributed by atoms with Gasteiger partial charge < -0.3 is 0 Å². The second kappa shape index (κ2) is 4.29. The maximum absolute atomic E-state index is 4.33. The molecule has 92 valence electrons. The monoisotopic (exact) mass is 332 g/mol. The predicted octanol–water partition coefficient (Wildman–Crippen LogP) is 5.22. The molecule has 2 fully saturated rings. The lowest BCUT2D eigenvalue weighted by molar-refractivity contribution is 0.000120. The van der Waals surface area contributed by atoms with E-state index >= 15 is 0 Å². The first kappa shape index (κ1) is 12.9. The Balaban J connectivity index is 2.39. The van der Waals surface area contributed by atoms with Crippen LogP contribution in [0.4, 0.5) is 0 Å². The molecule has 0 amide bonds. The average molecular weight is 332 g/mol. The number of halogens is 1. The van der Waals surface area contributed by atoms with Crippen molar-refractivity contribution in [3.63, 3.8) is 0 Å². The van der Waals surface area contributed by atoms with Crippen LogP contribution in [0.15, 0.2) is 12.2 Å². The van der Waals surface area contributed by atoms with Crippen LogP contribution in [0.3, 0.4) is 0 Å². The SMILES string of the molecule is C=C(C)C12CCCC1C(C)(CI)C(C)CC2. The molecule has 0 bridgehead atoms. The van der Waals surface area contributed by atoms with Gasteiger partial charge in [-0.3, -0.25) is 0 Å². The number of alkyl halides is 1. The number of allylic oxidation sites excluding steroid dienone is 1. The zero-order valence-corrected chi connectivity index (χ0v) is 13.1. The minimum absolute atomic E-state index is 0.506. The molecule has 0 heterocycles. The van der Waals surface area contributed by atoms with Crippen molar-refractivity contribution in [3.05, 3.63) is 12.2 Å². The summed E-state index contributed by atoms with van der Waals surface area (Å²) in [6, 6.07) is 0. The van der Waals surface area contributed by atoms with Gasteiger partial charge in [-0.05, 0) is 55.3 Å². The molecule has 0 aromatic heterocycles. The normalized spacial score (nSPS) is 47.8. The molecule has 1 heteroatoms. The van der Waals surface area contributed by atoms with Gasteiger partial charge in [-0.1, -0.05) is 55.0 Å². The molecular formula is C15H25I. The van der Waals surface area contributed by atoms with Crippen molar-refractivity contribution in [2.24, 2.45) is 22.7 Å². The van der Waals surface area contributed by atoms with Crippen molar-refractivity contribution < 1.29 is 0 Å². The Morgan fingerprint density at radius 3 is 2.62 bits per heavy atom. The quantitative estimate of drug-likeness (QED) is 0.369. The van der Waals surface area contributed by atoms with Crippen molar-refractivity contribution in [2.45, 2.75) is 52.9 Å². The number of hydrogen-bond acceptors (Lipinski definition) is 0. The zero-order chi connectivity index (χ0) is 12.0. The van der Waals surface area contributed by atoms with Crippen LogP contribution in [0.5, 0.6) is 0 Å². The first-order chi connectivity index (χ1) is 7.47. The maximum Gasteiger partial charge on any atom is 0.00548 e. The van der Waals surface area contributed by atoms with Gasteiger partial charge in [0.15, 0.2) is 0 Å². The van der Waals surface area contributed by atoms with E-state index in [1.807, 2.05) is 0 Å². The summed E-state index contributed by atoms with van der Waals surface area (Å²) in [5.74, 6) is 1.79. The van der Waals surface area contributed by atoms with E-state index in [0.29, 0.717) is 10.8 Å². The second-order valence-electron chi connectivity index (χ2n) is 6.46. The molecule has 0 aromatic carbocycles. The number of fused-ring (bicyclic) bond motifs is 1. The smallest absolute Gasteiger partial charge is 0.00548 e. The second-order valence-corrected chi connectivity index (χ2v) is 7.22. The first-order valence-corrected chi connectivity index (χ1v) is 8.22. The van der Waals surface area contributed by atoms with Gasteiger partial charge in [0.2, 0.25) is 0 Å². The van der Waals surface area contributed by atoms with Crippen LogP contribution in [-0.4, -0.2) is 4.43 Å². The van der Waals surface area contributed by atoms with E-state index in [1.54, 1.807) is 0 Å². The summed E-state index contributed by atoms with van der Waals surface area (Å²) in [6.45, 7) is 11.6. The largest absolute Gasteiger partial charge is 0.0996 e. The minimum atomic E-state index is 0.506. The Bertz CT molecular complexity index is 296. The van der Waals surface area contributed by atoms with E-state index in [4.69, 9.17) is 0 Å². The van der Waals surface area contributed by atoms with Crippen LogP contribution < -0.4 is 0 Å². The molecule has 2 rings (SSSR count). The van der Waals surface area contributed by atoms with Gasteiger partial charge in [0.05, 0.1) is 0 Å². The van der Waals surface area contributed by atoms with Gasteiger partial charge in [0.1, 0.15) is 0 Å². The Morgan fingerprint density at radius 1 is 1.38 bits per heavy atom. The standard InChI is InChI=1S/C15H25I/c1-11(2)15-8-5-6-13(15)14(4,10-16)12(3)7-9-15/h12-13H,1,5-10H2,2-4H3. The van der Waals surface area contributed by atoms with Gasteiger partial charge in [-0.15, -0.1) is 0 Å². The average Bonchev–Trinajstić information content (AvgIpc) is 2.70. The van der Waals surface area contributed by atoms with E-state index in [1.165, 1.54) is 42.1 Å². The molecule has 0 N–H and O–H groups in total. The molecule has 0 aliphatic heterocycles. The maximum atomic E-state index is 4.33. The van der Waals surface area contributed by atoms with Crippen LogP contribution in [0.1, 0.15) is 52.9 Å². The van der Waals surface area contributed by atoms with Crippen molar-refractivity contribution in [3.8, 4) is 0 Å². The van der Waals surface area contributed by atoms with Crippen LogP contribution in [0.25, 0.3) is 0 Å². The Hall–Kier alpha value is 0.470. The molecule has 16 heavy (non-hydrogen) atoms. The third-order valence-electron chi connectivity index (χ3n) is 5.87. The van der Waals surface area contributed by atoms with Gasteiger partial charge in [0.25, 0.3) is 0 Å².